The Labute approximate surface area is 201 Å². The number of amides is 1. The predicted octanol–water partition coefficient (Wildman–Crippen LogP) is 3.90. The lowest BCUT2D eigenvalue weighted by atomic mass is 10.3. The molecule has 1 amide bonds. The number of fused-ring (bicyclic) bond motifs is 1. The van der Waals surface area contributed by atoms with Crippen LogP contribution in [0.25, 0.3) is 11.0 Å². The number of nitrogens with zero attached hydrogens (tertiary/aromatic N) is 3. The van der Waals surface area contributed by atoms with E-state index in [4.69, 9.17) is 11.6 Å². The second-order valence-corrected chi connectivity index (χ2v) is 9.61. The van der Waals surface area contributed by atoms with Crippen molar-refractivity contribution < 1.29 is 13.2 Å². The third kappa shape index (κ3) is 4.66. The first-order valence-electron chi connectivity index (χ1n) is 10.4. The number of nitrogens with one attached hydrogen (secondary N) is 1. The molecule has 3 aromatic carbocycles. The molecule has 0 unspecified atom stereocenters. The van der Waals surface area contributed by atoms with Gasteiger partial charge in [0, 0.05) is 12.2 Å². The van der Waals surface area contributed by atoms with Crippen LogP contribution in [0, 0.1) is 0 Å². The van der Waals surface area contributed by atoms with Gasteiger partial charge in [-0.2, -0.15) is 0 Å². The summed E-state index contributed by atoms with van der Waals surface area (Å²) in [6, 6.07) is 19.9. The highest BCUT2D eigenvalue weighted by atomic mass is 35.5. The molecule has 0 saturated carbocycles. The molecule has 34 heavy (non-hydrogen) atoms. The molecule has 0 aliphatic carbocycles. The van der Waals surface area contributed by atoms with Crippen LogP contribution < -0.4 is 15.2 Å². The van der Waals surface area contributed by atoms with Crippen LogP contribution in [-0.4, -0.2) is 30.4 Å². The van der Waals surface area contributed by atoms with Crippen LogP contribution in [0.1, 0.15) is 6.92 Å². The number of carbonyl (C=O) groups is 1. The molecule has 174 valence electrons. The molecular weight excluding hydrogens is 476 g/mol. The molecule has 1 N–H and O–H groups in total. The average molecular weight is 497 g/mol. The average Bonchev–Trinajstić information content (AvgIpc) is 2.83. The van der Waals surface area contributed by atoms with Crippen LogP contribution in [0.5, 0.6) is 0 Å². The first kappa shape index (κ1) is 23.5. The summed E-state index contributed by atoms with van der Waals surface area (Å²) in [5.74, 6) is -0.500. The molecule has 0 fully saturated rings. The van der Waals surface area contributed by atoms with Crippen LogP contribution in [0.3, 0.4) is 0 Å². The van der Waals surface area contributed by atoms with Crippen LogP contribution in [0.15, 0.2) is 88.7 Å². The summed E-state index contributed by atoms with van der Waals surface area (Å²) in [6.07, 6.45) is 1.16. The molecule has 0 atom stereocenters. The molecule has 0 radical (unpaired) electrons. The van der Waals surface area contributed by atoms with Gasteiger partial charge in [0.2, 0.25) is 5.91 Å². The Kier molecular flexibility index (Phi) is 6.67. The standard InChI is InChI=1S/C24H21ClN4O4S/c1-2-29(18-8-4-3-5-9-18)34(32,33)22-14-17(12-13-19(22)25)27-23(30)16-28-21-11-7-6-10-20(21)26-15-24(28)31/h3-15H,2,16H2,1H3,(H,27,30). The van der Waals surface area contributed by atoms with E-state index < -0.39 is 21.5 Å². The number of aromatic nitrogens is 2. The maximum absolute atomic E-state index is 13.4. The highest BCUT2D eigenvalue weighted by Gasteiger charge is 2.26. The van der Waals surface area contributed by atoms with E-state index in [1.54, 1.807) is 61.5 Å². The molecule has 0 aliphatic rings. The maximum atomic E-state index is 13.4. The molecular formula is C24H21ClN4O4S. The summed E-state index contributed by atoms with van der Waals surface area (Å²) in [6.45, 7) is 1.65. The van der Waals surface area contributed by atoms with Crippen LogP contribution in [0.2, 0.25) is 5.02 Å². The summed E-state index contributed by atoms with van der Waals surface area (Å²) in [5.41, 5.74) is 1.42. The van der Waals surface area contributed by atoms with E-state index in [1.807, 2.05) is 0 Å². The Bertz CT molecular complexity index is 1520. The summed E-state index contributed by atoms with van der Waals surface area (Å²) in [7, 11) is -4.00. The molecule has 10 heteroatoms. The topological polar surface area (TPSA) is 101 Å². The molecule has 0 bridgehead atoms. The molecule has 0 aliphatic heterocycles. The molecule has 0 saturated heterocycles. The van der Waals surface area contributed by atoms with Crippen molar-refractivity contribution in [2.75, 3.05) is 16.2 Å². The lowest BCUT2D eigenvalue weighted by Crippen LogP contribution is -2.31. The second kappa shape index (κ2) is 9.66. The lowest BCUT2D eigenvalue weighted by Gasteiger charge is -2.23. The Morgan fingerprint density at radius 2 is 1.76 bits per heavy atom. The minimum Gasteiger partial charge on any atom is -0.324 e. The highest BCUT2D eigenvalue weighted by molar-refractivity contribution is 7.93. The fourth-order valence-electron chi connectivity index (χ4n) is 3.61. The van der Waals surface area contributed by atoms with E-state index in [0.29, 0.717) is 16.7 Å². The van der Waals surface area contributed by atoms with E-state index in [-0.39, 0.29) is 28.7 Å². The van der Waals surface area contributed by atoms with E-state index >= 15 is 0 Å². The number of sulfonamides is 1. The first-order chi connectivity index (χ1) is 16.3. The monoisotopic (exact) mass is 496 g/mol. The van der Waals surface area contributed by atoms with Crippen molar-refractivity contribution in [2.45, 2.75) is 18.4 Å². The number of carbonyl (C=O) groups excluding carboxylic acids is 1. The fourth-order valence-corrected chi connectivity index (χ4v) is 5.58. The smallest absolute Gasteiger partial charge is 0.269 e. The van der Waals surface area contributed by atoms with Gasteiger partial charge in [-0.15, -0.1) is 0 Å². The quantitative estimate of drug-likeness (QED) is 0.418. The van der Waals surface area contributed by atoms with Crippen molar-refractivity contribution in [3.05, 3.63) is 94.4 Å². The fraction of sp³-hybridized carbons (Fsp3) is 0.125. The molecule has 1 aromatic heterocycles. The van der Waals surface area contributed by atoms with Gasteiger partial charge in [-0.3, -0.25) is 18.5 Å². The summed E-state index contributed by atoms with van der Waals surface area (Å²) < 4.78 is 29.3. The third-order valence-electron chi connectivity index (χ3n) is 5.17. The number of hydrogen-bond donors (Lipinski definition) is 1. The summed E-state index contributed by atoms with van der Waals surface area (Å²) >= 11 is 6.25. The SMILES string of the molecule is CCN(c1ccccc1)S(=O)(=O)c1cc(NC(=O)Cn2c(=O)cnc3ccccc32)ccc1Cl. The number of benzene rings is 3. The van der Waals surface area contributed by atoms with Gasteiger partial charge >= 0.3 is 0 Å². The van der Waals surface area contributed by atoms with Crippen molar-refractivity contribution in [1.82, 2.24) is 9.55 Å². The van der Waals surface area contributed by atoms with E-state index in [1.165, 1.54) is 27.1 Å². The van der Waals surface area contributed by atoms with Gasteiger partial charge in [-0.25, -0.2) is 13.4 Å². The van der Waals surface area contributed by atoms with Gasteiger partial charge in [-0.1, -0.05) is 41.9 Å². The predicted molar refractivity (Wildman–Crippen MR) is 133 cm³/mol. The Balaban J connectivity index is 1.62. The second-order valence-electron chi connectivity index (χ2n) is 7.37. The molecule has 1 heterocycles. The summed E-state index contributed by atoms with van der Waals surface area (Å²) in [4.78, 5) is 29.0. The van der Waals surface area contributed by atoms with Crippen LogP contribution in [0.4, 0.5) is 11.4 Å². The van der Waals surface area contributed by atoms with Gasteiger partial charge in [0.05, 0.1) is 27.9 Å². The number of para-hydroxylation sites is 3. The van der Waals surface area contributed by atoms with Crippen molar-refractivity contribution >= 4 is 49.9 Å². The normalized spacial score (nSPS) is 11.4. The zero-order valence-corrected chi connectivity index (χ0v) is 19.8. The maximum Gasteiger partial charge on any atom is 0.269 e. The van der Waals surface area contributed by atoms with E-state index in [0.717, 1.165) is 6.20 Å². The zero-order chi connectivity index (χ0) is 24.3. The minimum absolute atomic E-state index is 0.0312. The molecule has 4 aromatic rings. The Morgan fingerprint density at radius 3 is 2.50 bits per heavy atom. The Hall–Kier alpha value is -3.69. The van der Waals surface area contributed by atoms with Gasteiger partial charge in [-0.05, 0) is 49.4 Å². The number of anilines is 2. The molecule has 0 spiro atoms. The molecule has 4 rings (SSSR count). The zero-order valence-electron chi connectivity index (χ0n) is 18.2. The van der Waals surface area contributed by atoms with Crippen molar-refractivity contribution in [2.24, 2.45) is 0 Å². The lowest BCUT2D eigenvalue weighted by molar-refractivity contribution is -0.116. The Morgan fingerprint density at radius 1 is 1.06 bits per heavy atom. The van der Waals surface area contributed by atoms with Crippen LogP contribution in [-0.2, 0) is 21.4 Å². The minimum atomic E-state index is -4.00. The van der Waals surface area contributed by atoms with Gasteiger partial charge in [0.15, 0.2) is 0 Å². The number of rotatable bonds is 7. The van der Waals surface area contributed by atoms with Gasteiger partial charge < -0.3 is 5.32 Å². The first-order valence-corrected chi connectivity index (χ1v) is 12.2. The van der Waals surface area contributed by atoms with Gasteiger partial charge in [0.1, 0.15) is 11.4 Å². The van der Waals surface area contributed by atoms with E-state index in [2.05, 4.69) is 10.3 Å². The summed E-state index contributed by atoms with van der Waals surface area (Å²) in [5, 5.41) is 2.69. The highest BCUT2D eigenvalue weighted by Crippen LogP contribution is 2.30. The van der Waals surface area contributed by atoms with Crippen molar-refractivity contribution in [1.29, 1.82) is 0 Å². The van der Waals surface area contributed by atoms with E-state index in [9.17, 15) is 18.0 Å². The van der Waals surface area contributed by atoms with Gasteiger partial charge in [0.25, 0.3) is 15.6 Å². The van der Waals surface area contributed by atoms with Crippen molar-refractivity contribution in [3.63, 3.8) is 0 Å². The number of hydrogen-bond acceptors (Lipinski definition) is 5. The van der Waals surface area contributed by atoms with Crippen LogP contribution >= 0.6 is 11.6 Å². The van der Waals surface area contributed by atoms with Crippen molar-refractivity contribution in [3.8, 4) is 0 Å². The largest absolute Gasteiger partial charge is 0.324 e. The number of halogens is 1. The molecule has 8 nitrogen and oxygen atoms in total. The third-order valence-corrected chi connectivity index (χ3v) is 7.55.